The Morgan fingerprint density at radius 2 is 1.74 bits per heavy atom. The summed E-state index contributed by atoms with van der Waals surface area (Å²) < 4.78 is 25.6. The molecule has 2 aromatic rings. The molecule has 0 N–H and O–H groups in total. The first-order valence-electron chi connectivity index (χ1n) is 7.59. The standard InChI is InChI=1S/C16H23N3O3S/c1-11(2)19(12(3)4)15(20)10-18-14-9-7-6-8-13(14)17-16(18)23(5,21)22/h6-9,11-12H,10H2,1-5H3. The lowest BCUT2D eigenvalue weighted by atomic mass is 10.2. The van der Waals surface area contributed by atoms with E-state index in [0.717, 1.165) is 6.26 Å². The third-order valence-electron chi connectivity index (χ3n) is 3.65. The molecule has 0 saturated heterocycles. The normalized spacial score (nSPS) is 12.3. The van der Waals surface area contributed by atoms with Crippen molar-refractivity contribution in [3.05, 3.63) is 24.3 Å². The number of nitrogens with zero attached hydrogens (tertiary/aromatic N) is 3. The first-order valence-corrected chi connectivity index (χ1v) is 9.48. The molecule has 1 aromatic carbocycles. The van der Waals surface area contributed by atoms with Gasteiger partial charge in [-0.3, -0.25) is 4.79 Å². The molecule has 0 atom stereocenters. The van der Waals surface area contributed by atoms with Crippen LogP contribution in [0.15, 0.2) is 29.4 Å². The number of amides is 1. The van der Waals surface area contributed by atoms with Crippen molar-refractivity contribution in [2.75, 3.05) is 6.26 Å². The topological polar surface area (TPSA) is 72.3 Å². The van der Waals surface area contributed by atoms with Gasteiger partial charge in [0.25, 0.3) is 0 Å². The Morgan fingerprint density at radius 3 is 2.26 bits per heavy atom. The molecular weight excluding hydrogens is 314 g/mol. The van der Waals surface area contributed by atoms with E-state index in [0.29, 0.717) is 11.0 Å². The molecule has 0 unspecified atom stereocenters. The number of rotatable bonds is 5. The van der Waals surface area contributed by atoms with Crippen LogP contribution in [-0.2, 0) is 21.2 Å². The zero-order valence-electron chi connectivity index (χ0n) is 14.1. The van der Waals surface area contributed by atoms with E-state index in [-0.39, 0.29) is 29.7 Å². The number of benzene rings is 1. The smallest absolute Gasteiger partial charge is 0.243 e. The van der Waals surface area contributed by atoms with Gasteiger partial charge in [0.2, 0.25) is 20.9 Å². The molecule has 0 radical (unpaired) electrons. The summed E-state index contributed by atoms with van der Waals surface area (Å²) in [7, 11) is -3.53. The van der Waals surface area contributed by atoms with Gasteiger partial charge in [-0.25, -0.2) is 13.4 Å². The maximum absolute atomic E-state index is 12.7. The average Bonchev–Trinajstić information content (AvgIpc) is 2.77. The second-order valence-corrected chi connectivity index (χ2v) is 8.14. The largest absolute Gasteiger partial charge is 0.336 e. The minimum atomic E-state index is -3.53. The summed E-state index contributed by atoms with van der Waals surface area (Å²) in [6.07, 6.45) is 1.11. The lowest BCUT2D eigenvalue weighted by Crippen LogP contribution is -2.43. The Kier molecular flexibility index (Phi) is 4.79. The van der Waals surface area contributed by atoms with E-state index in [4.69, 9.17) is 0 Å². The number of sulfone groups is 1. The predicted octanol–water partition coefficient (Wildman–Crippen LogP) is 2.09. The number of fused-ring (bicyclic) bond motifs is 1. The highest BCUT2D eigenvalue weighted by molar-refractivity contribution is 7.90. The van der Waals surface area contributed by atoms with E-state index in [9.17, 15) is 13.2 Å². The van der Waals surface area contributed by atoms with E-state index in [2.05, 4.69) is 4.98 Å². The molecule has 6 nitrogen and oxygen atoms in total. The highest BCUT2D eigenvalue weighted by Crippen LogP contribution is 2.20. The van der Waals surface area contributed by atoms with Gasteiger partial charge in [-0.05, 0) is 39.8 Å². The van der Waals surface area contributed by atoms with Gasteiger partial charge < -0.3 is 9.47 Å². The minimum absolute atomic E-state index is 0.0407. The summed E-state index contributed by atoms with van der Waals surface area (Å²) in [5.74, 6) is -0.122. The summed E-state index contributed by atoms with van der Waals surface area (Å²) in [5.41, 5.74) is 1.22. The van der Waals surface area contributed by atoms with Crippen LogP contribution in [0.4, 0.5) is 0 Å². The molecule has 1 amide bonds. The van der Waals surface area contributed by atoms with Crippen molar-refractivity contribution in [2.24, 2.45) is 0 Å². The maximum Gasteiger partial charge on any atom is 0.243 e. The summed E-state index contributed by atoms with van der Waals surface area (Å²) in [6.45, 7) is 7.74. The Labute approximate surface area is 137 Å². The van der Waals surface area contributed by atoms with Crippen molar-refractivity contribution in [2.45, 2.75) is 51.5 Å². The molecule has 0 spiro atoms. The molecule has 1 heterocycles. The maximum atomic E-state index is 12.7. The highest BCUT2D eigenvalue weighted by atomic mass is 32.2. The van der Waals surface area contributed by atoms with Crippen molar-refractivity contribution in [3.63, 3.8) is 0 Å². The SMILES string of the molecule is CC(C)N(C(=O)Cn1c(S(C)(=O)=O)nc2ccccc21)C(C)C. The summed E-state index contributed by atoms with van der Waals surface area (Å²) >= 11 is 0. The van der Waals surface area contributed by atoms with Crippen molar-refractivity contribution in [1.29, 1.82) is 0 Å². The molecule has 0 fully saturated rings. The summed E-state index contributed by atoms with van der Waals surface area (Å²) in [4.78, 5) is 18.6. The van der Waals surface area contributed by atoms with E-state index in [1.807, 2.05) is 27.7 Å². The van der Waals surface area contributed by atoms with Crippen molar-refractivity contribution in [3.8, 4) is 0 Å². The molecule has 0 aliphatic heterocycles. The minimum Gasteiger partial charge on any atom is -0.336 e. The molecular formula is C16H23N3O3S. The Balaban J connectivity index is 2.52. The first-order chi connectivity index (χ1) is 10.6. The van der Waals surface area contributed by atoms with E-state index in [1.54, 1.807) is 29.2 Å². The van der Waals surface area contributed by atoms with Crippen molar-refractivity contribution >= 4 is 26.8 Å². The molecule has 126 valence electrons. The number of carbonyl (C=O) groups is 1. The van der Waals surface area contributed by atoms with E-state index < -0.39 is 9.84 Å². The predicted molar refractivity (Wildman–Crippen MR) is 90.0 cm³/mol. The van der Waals surface area contributed by atoms with Crippen LogP contribution in [0.25, 0.3) is 11.0 Å². The molecule has 7 heteroatoms. The van der Waals surface area contributed by atoms with Crippen LogP contribution in [0.1, 0.15) is 27.7 Å². The van der Waals surface area contributed by atoms with E-state index in [1.165, 1.54) is 4.57 Å². The van der Waals surface area contributed by atoms with Gasteiger partial charge in [0.1, 0.15) is 6.54 Å². The van der Waals surface area contributed by atoms with Gasteiger partial charge in [0.05, 0.1) is 11.0 Å². The van der Waals surface area contributed by atoms with Gasteiger partial charge in [-0.15, -0.1) is 0 Å². The van der Waals surface area contributed by atoms with Gasteiger partial charge >= 0.3 is 0 Å². The molecule has 1 aromatic heterocycles. The molecule has 23 heavy (non-hydrogen) atoms. The summed E-state index contributed by atoms with van der Waals surface area (Å²) in [6, 6.07) is 7.20. The Bertz CT molecular complexity index is 814. The van der Waals surface area contributed by atoms with Gasteiger partial charge in [-0.2, -0.15) is 0 Å². The molecule has 0 bridgehead atoms. The van der Waals surface area contributed by atoms with Crippen LogP contribution in [0.5, 0.6) is 0 Å². The lowest BCUT2D eigenvalue weighted by Gasteiger charge is -2.31. The zero-order valence-corrected chi connectivity index (χ0v) is 15.0. The van der Waals surface area contributed by atoms with Gasteiger partial charge in [-0.1, -0.05) is 12.1 Å². The molecule has 0 saturated carbocycles. The Hall–Kier alpha value is -1.89. The Morgan fingerprint density at radius 1 is 1.17 bits per heavy atom. The fourth-order valence-electron chi connectivity index (χ4n) is 2.88. The number of aromatic nitrogens is 2. The molecule has 0 aliphatic rings. The fourth-order valence-corrected chi connectivity index (χ4v) is 3.71. The van der Waals surface area contributed by atoms with Crippen LogP contribution in [0.2, 0.25) is 0 Å². The van der Waals surface area contributed by atoms with Crippen molar-refractivity contribution < 1.29 is 13.2 Å². The van der Waals surface area contributed by atoms with Crippen LogP contribution in [0.3, 0.4) is 0 Å². The second kappa shape index (κ2) is 6.31. The molecule has 0 aliphatic carbocycles. The van der Waals surface area contributed by atoms with Crippen molar-refractivity contribution in [1.82, 2.24) is 14.5 Å². The van der Waals surface area contributed by atoms with Gasteiger partial charge in [0, 0.05) is 18.3 Å². The number of hydrogen-bond donors (Lipinski definition) is 0. The quantitative estimate of drug-likeness (QED) is 0.837. The average molecular weight is 337 g/mol. The summed E-state index contributed by atoms with van der Waals surface area (Å²) in [5, 5.41) is -0.0699. The van der Waals surface area contributed by atoms with Crippen LogP contribution < -0.4 is 0 Å². The number of hydrogen-bond acceptors (Lipinski definition) is 4. The monoisotopic (exact) mass is 337 g/mol. The second-order valence-electron chi connectivity index (χ2n) is 6.23. The van der Waals surface area contributed by atoms with Gasteiger partial charge in [0.15, 0.2) is 0 Å². The fraction of sp³-hybridized carbons (Fsp3) is 0.500. The number of carbonyl (C=O) groups excluding carboxylic acids is 1. The van der Waals surface area contributed by atoms with Crippen LogP contribution >= 0.6 is 0 Å². The highest BCUT2D eigenvalue weighted by Gasteiger charge is 2.25. The third kappa shape index (κ3) is 3.55. The number of para-hydroxylation sites is 2. The number of imidazole rings is 1. The van der Waals surface area contributed by atoms with E-state index >= 15 is 0 Å². The molecule has 2 rings (SSSR count). The van der Waals surface area contributed by atoms with Crippen LogP contribution in [-0.4, -0.2) is 47.1 Å². The lowest BCUT2D eigenvalue weighted by molar-refractivity contribution is -0.135. The zero-order chi connectivity index (χ0) is 17.4. The first kappa shape index (κ1) is 17.5. The third-order valence-corrected chi connectivity index (χ3v) is 4.62. The van der Waals surface area contributed by atoms with Crippen LogP contribution in [0, 0.1) is 0 Å².